The van der Waals surface area contributed by atoms with Gasteiger partial charge in [-0.15, -0.1) is 6.42 Å². The average molecular weight is 199 g/mol. The lowest BCUT2D eigenvalue weighted by atomic mass is 10.1. The largest absolute Gasteiger partial charge is 0.416 e. The van der Waals surface area contributed by atoms with Crippen molar-refractivity contribution in [2.75, 3.05) is 0 Å². The molecule has 14 heavy (non-hydrogen) atoms. The molecule has 0 saturated carbocycles. The Morgan fingerprint density at radius 2 is 2.00 bits per heavy atom. The molecule has 0 aliphatic heterocycles. The number of terminal acetylenes is 1. The molecule has 1 aromatic carbocycles. The quantitative estimate of drug-likeness (QED) is 0.690. The van der Waals surface area contributed by atoms with Gasteiger partial charge in [-0.1, -0.05) is 18.1 Å². The zero-order chi connectivity index (χ0) is 10.8. The van der Waals surface area contributed by atoms with E-state index in [1.54, 1.807) is 0 Å². The molecule has 1 nitrogen and oxygen atoms in total. The number of benzene rings is 1. The maximum Gasteiger partial charge on any atom is 0.416 e. The number of rotatable bonds is 1. The molecule has 0 heterocycles. The third kappa shape index (κ3) is 2.27. The lowest BCUT2D eigenvalue weighted by molar-refractivity contribution is -0.137. The summed E-state index contributed by atoms with van der Waals surface area (Å²) in [6.07, 6.45) is 0.650. The van der Waals surface area contributed by atoms with Gasteiger partial charge in [-0.05, 0) is 17.7 Å². The summed E-state index contributed by atoms with van der Waals surface area (Å²) < 4.78 is 36.7. The molecule has 0 saturated heterocycles. The van der Waals surface area contributed by atoms with Crippen LogP contribution in [-0.4, -0.2) is 0 Å². The molecule has 74 valence electrons. The standard InChI is InChI=1S/C10H8F3N/c1-2-9(14)7-4-3-5-8(6-7)10(11,12)13/h1,3-6,9H,14H2. The summed E-state index contributed by atoms with van der Waals surface area (Å²) in [7, 11) is 0. The number of nitrogens with two attached hydrogens (primary N) is 1. The smallest absolute Gasteiger partial charge is 0.314 e. The van der Waals surface area contributed by atoms with E-state index in [-0.39, 0.29) is 0 Å². The first-order valence-corrected chi connectivity index (χ1v) is 3.84. The van der Waals surface area contributed by atoms with E-state index >= 15 is 0 Å². The summed E-state index contributed by atoms with van der Waals surface area (Å²) in [5, 5.41) is 0. The van der Waals surface area contributed by atoms with Gasteiger partial charge in [-0.2, -0.15) is 13.2 Å². The average Bonchev–Trinajstić information content (AvgIpc) is 2.15. The van der Waals surface area contributed by atoms with Crippen molar-refractivity contribution in [1.29, 1.82) is 0 Å². The Bertz CT molecular complexity index is 362. The minimum absolute atomic E-state index is 0.294. The zero-order valence-electron chi connectivity index (χ0n) is 7.18. The van der Waals surface area contributed by atoms with E-state index in [9.17, 15) is 13.2 Å². The molecule has 0 radical (unpaired) electrons. The van der Waals surface area contributed by atoms with Gasteiger partial charge < -0.3 is 5.73 Å². The van der Waals surface area contributed by atoms with Gasteiger partial charge in [0.15, 0.2) is 0 Å². The summed E-state index contributed by atoms with van der Waals surface area (Å²) in [4.78, 5) is 0. The molecule has 1 atom stereocenters. The van der Waals surface area contributed by atoms with Crippen molar-refractivity contribution < 1.29 is 13.2 Å². The Kier molecular flexibility index (Phi) is 2.82. The third-order valence-corrected chi connectivity index (χ3v) is 1.75. The van der Waals surface area contributed by atoms with Gasteiger partial charge in [-0.25, -0.2) is 0 Å². The van der Waals surface area contributed by atoms with Crippen LogP contribution in [0.4, 0.5) is 13.2 Å². The lowest BCUT2D eigenvalue weighted by Gasteiger charge is -2.09. The molecular weight excluding hydrogens is 191 g/mol. The minimum atomic E-state index is -4.36. The predicted molar refractivity (Wildman–Crippen MR) is 47.2 cm³/mol. The van der Waals surface area contributed by atoms with Crippen molar-refractivity contribution in [3.05, 3.63) is 35.4 Å². The van der Waals surface area contributed by atoms with E-state index in [4.69, 9.17) is 12.2 Å². The van der Waals surface area contributed by atoms with Gasteiger partial charge in [0.25, 0.3) is 0 Å². The highest BCUT2D eigenvalue weighted by atomic mass is 19.4. The Labute approximate surface area is 79.7 Å². The first-order valence-electron chi connectivity index (χ1n) is 3.84. The summed E-state index contributed by atoms with van der Waals surface area (Å²) >= 11 is 0. The van der Waals surface area contributed by atoms with Crippen LogP contribution in [0.25, 0.3) is 0 Å². The predicted octanol–water partition coefficient (Wildman–Crippen LogP) is 2.34. The van der Waals surface area contributed by atoms with Crippen molar-refractivity contribution in [3.63, 3.8) is 0 Å². The fourth-order valence-electron chi connectivity index (χ4n) is 1.00. The number of hydrogen-bond acceptors (Lipinski definition) is 1. The van der Waals surface area contributed by atoms with Gasteiger partial charge >= 0.3 is 6.18 Å². The first-order chi connectivity index (χ1) is 6.45. The molecule has 0 bridgehead atoms. The molecule has 0 spiro atoms. The molecule has 0 aliphatic rings. The number of alkyl halides is 3. The molecule has 1 aromatic rings. The van der Waals surface area contributed by atoms with Crippen molar-refractivity contribution in [1.82, 2.24) is 0 Å². The van der Waals surface area contributed by atoms with E-state index in [0.717, 1.165) is 12.1 Å². The molecule has 1 rings (SSSR count). The van der Waals surface area contributed by atoms with Crippen LogP contribution >= 0.6 is 0 Å². The van der Waals surface area contributed by atoms with E-state index in [1.807, 2.05) is 0 Å². The highest BCUT2D eigenvalue weighted by Gasteiger charge is 2.30. The molecule has 4 heteroatoms. The van der Waals surface area contributed by atoms with Gasteiger partial charge in [0, 0.05) is 0 Å². The topological polar surface area (TPSA) is 26.0 Å². The number of halogens is 3. The lowest BCUT2D eigenvalue weighted by Crippen LogP contribution is -2.10. The minimum Gasteiger partial charge on any atom is -0.314 e. The highest BCUT2D eigenvalue weighted by molar-refractivity contribution is 5.31. The van der Waals surface area contributed by atoms with Gasteiger partial charge in [0.2, 0.25) is 0 Å². The Morgan fingerprint density at radius 3 is 2.50 bits per heavy atom. The first kappa shape index (κ1) is 10.6. The second-order valence-corrected chi connectivity index (χ2v) is 2.77. The fraction of sp³-hybridized carbons (Fsp3) is 0.200. The van der Waals surface area contributed by atoms with Gasteiger partial charge in [-0.3, -0.25) is 0 Å². The monoisotopic (exact) mass is 199 g/mol. The van der Waals surface area contributed by atoms with Crippen LogP contribution in [0.2, 0.25) is 0 Å². The third-order valence-electron chi connectivity index (χ3n) is 1.75. The zero-order valence-corrected chi connectivity index (χ0v) is 7.18. The molecular formula is C10H8F3N. The second kappa shape index (κ2) is 3.72. The number of hydrogen-bond donors (Lipinski definition) is 1. The van der Waals surface area contributed by atoms with Crippen molar-refractivity contribution in [2.24, 2.45) is 5.73 Å². The molecule has 2 N–H and O–H groups in total. The van der Waals surface area contributed by atoms with Crippen LogP contribution in [0.5, 0.6) is 0 Å². The Hall–Kier alpha value is -1.47. The molecule has 0 aliphatic carbocycles. The summed E-state index contributed by atoms with van der Waals surface area (Å²) in [5.41, 5.74) is 4.96. The Morgan fingerprint density at radius 1 is 1.36 bits per heavy atom. The fourth-order valence-corrected chi connectivity index (χ4v) is 1.00. The summed E-state index contributed by atoms with van der Waals surface area (Å²) in [6.45, 7) is 0. The van der Waals surface area contributed by atoms with Crippen LogP contribution in [-0.2, 0) is 6.18 Å². The van der Waals surface area contributed by atoms with Crippen LogP contribution in [0.3, 0.4) is 0 Å². The molecule has 0 amide bonds. The molecule has 1 unspecified atom stereocenters. The SMILES string of the molecule is C#CC(N)c1cccc(C(F)(F)F)c1. The van der Waals surface area contributed by atoms with Crippen molar-refractivity contribution in [2.45, 2.75) is 12.2 Å². The van der Waals surface area contributed by atoms with E-state index in [0.29, 0.717) is 5.56 Å². The van der Waals surface area contributed by atoms with Gasteiger partial charge in [0.05, 0.1) is 11.6 Å². The van der Waals surface area contributed by atoms with E-state index < -0.39 is 17.8 Å². The Balaban J connectivity index is 3.09. The maximum absolute atomic E-state index is 12.2. The van der Waals surface area contributed by atoms with E-state index in [2.05, 4.69) is 5.92 Å². The van der Waals surface area contributed by atoms with Crippen molar-refractivity contribution >= 4 is 0 Å². The van der Waals surface area contributed by atoms with Crippen LogP contribution in [0.15, 0.2) is 24.3 Å². The van der Waals surface area contributed by atoms with Crippen molar-refractivity contribution in [3.8, 4) is 12.3 Å². The van der Waals surface area contributed by atoms with Crippen LogP contribution < -0.4 is 5.73 Å². The summed E-state index contributed by atoms with van der Waals surface area (Å²) in [6, 6.07) is 3.91. The highest BCUT2D eigenvalue weighted by Crippen LogP contribution is 2.30. The maximum atomic E-state index is 12.2. The van der Waals surface area contributed by atoms with Gasteiger partial charge in [0.1, 0.15) is 0 Å². The van der Waals surface area contributed by atoms with E-state index in [1.165, 1.54) is 12.1 Å². The normalized spacial score (nSPS) is 13.4. The van der Waals surface area contributed by atoms with Crippen LogP contribution in [0.1, 0.15) is 17.2 Å². The second-order valence-electron chi connectivity index (χ2n) is 2.77. The molecule has 0 fully saturated rings. The van der Waals surface area contributed by atoms with Crippen LogP contribution in [0, 0.1) is 12.3 Å². The molecule has 0 aromatic heterocycles. The summed E-state index contributed by atoms with van der Waals surface area (Å²) in [5.74, 6) is 2.17.